The van der Waals surface area contributed by atoms with Crippen LogP contribution in [0.2, 0.25) is 5.02 Å². The van der Waals surface area contributed by atoms with Crippen LogP contribution in [0, 0.1) is 0 Å². The molecule has 0 bridgehead atoms. The van der Waals surface area contributed by atoms with E-state index in [9.17, 15) is 9.59 Å². The van der Waals surface area contributed by atoms with Crippen molar-refractivity contribution >= 4 is 29.3 Å². The lowest BCUT2D eigenvalue weighted by atomic mass is 9.88. The average molecular weight is 394 g/mol. The summed E-state index contributed by atoms with van der Waals surface area (Å²) in [5.74, 6) is 0.105. The third-order valence-corrected chi connectivity index (χ3v) is 5.44. The van der Waals surface area contributed by atoms with Crippen molar-refractivity contribution in [3.05, 3.63) is 29.3 Å². The van der Waals surface area contributed by atoms with Crippen LogP contribution in [-0.4, -0.2) is 59.7 Å². The van der Waals surface area contributed by atoms with Gasteiger partial charge in [-0.15, -0.1) is 0 Å². The number of likely N-dealkylation sites (tertiary alicyclic amines) is 1. The van der Waals surface area contributed by atoms with Gasteiger partial charge in [0.15, 0.2) is 0 Å². The molecule has 2 aliphatic rings. The fourth-order valence-electron chi connectivity index (χ4n) is 3.97. The number of ether oxygens (including phenoxy) is 1. The van der Waals surface area contributed by atoms with Gasteiger partial charge in [-0.1, -0.05) is 17.7 Å². The van der Waals surface area contributed by atoms with Crippen molar-refractivity contribution in [2.24, 2.45) is 0 Å². The standard InChI is InChI=1S/C20H28ClN3O3/c1-19(2,3)27-18(26)23-11-6-9-20(10-12-23)17(25)22(4)14-24(20)16-8-5-7-15(21)13-16/h5,7-8,13H,6,9-12,14H2,1-4H3. The highest BCUT2D eigenvalue weighted by molar-refractivity contribution is 6.30. The first-order chi connectivity index (χ1) is 12.6. The molecule has 1 atom stereocenters. The summed E-state index contributed by atoms with van der Waals surface area (Å²) in [6, 6.07) is 7.61. The lowest BCUT2D eigenvalue weighted by Crippen LogP contribution is -2.50. The molecule has 148 valence electrons. The number of anilines is 1. The lowest BCUT2D eigenvalue weighted by molar-refractivity contribution is -0.131. The second kappa shape index (κ2) is 7.23. The Morgan fingerprint density at radius 1 is 1.22 bits per heavy atom. The molecule has 0 N–H and O–H groups in total. The van der Waals surface area contributed by atoms with E-state index < -0.39 is 11.1 Å². The van der Waals surface area contributed by atoms with Crippen LogP contribution in [0.1, 0.15) is 40.0 Å². The topological polar surface area (TPSA) is 53.1 Å². The molecule has 0 radical (unpaired) electrons. The number of benzene rings is 1. The predicted molar refractivity (Wildman–Crippen MR) is 106 cm³/mol. The van der Waals surface area contributed by atoms with E-state index in [2.05, 4.69) is 4.90 Å². The van der Waals surface area contributed by atoms with Gasteiger partial charge in [0.25, 0.3) is 0 Å². The van der Waals surface area contributed by atoms with E-state index in [1.165, 1.54) is 0 Å². The highest BCUT2D eigenvalue weighted by Gasteiger charge is 2.52. The summed E-state index contributed by atoms with van der Waals surface area (Å²) in [6.07, 6.45) is 1.70. The molecular formula is C20H28ClN3O3. The number of hydrogen-bond donors (Lipinski definition) is 0. The number of nitrogens with zero attached hydrogens (tertiary/aromatic N) is 3. The summed E-state index contributed by atoms with van der Waals surface area (Å²) in [5.41, 5.74) is -0.237. The van der Waals surface area contributed by atoms with Crippen LogP contribution >= 0.6 is 11.6 Å². The molecule has 0 saturated carbocycles. The Balaban J connectivity index is 1.84. The summed E-state index contributed by atoms with van der Waals surface area (Å²) in [5, 5.41) is 0.647. The van der Waals surface area contributed by atoms with Gasteiger partial charge in [0, 0.05) is 30.8 Å². The van der Waals surface area contributed by atoms with Crippen molar-refractivity contribution in [1.82, 2.24) is 9.80 Å². The Morgan fingerprint density at radius 3 is 2.63 bits per heavy atom. The number of likely N-dealkylation sites (N-methyl/N-ethyl adjacent to an activating group) is 1. The summed E-state index contributed by atoms with van der Waals surface area (Å²) in [6.45, 7) is 7.19. The Bertz CT molecular complexity index is 733. The third kappa shape index (κ3) is 4.00. The van der Waals surface area contributed by atoms with Gasteiger partial charge in [0.1, 0.15) is 11.1 Å². The minimum absolute atomic E-state index is 0.105. The smallest absolute Gasteiger partial charge is 0.410 e. The molecule has 27 heavy (non-hydrogen) atoms. The van der Waals surface area contributed by atoms with Crippen LogP contribution in [0.3, 0.4) is 0 Å². The maximum absolute atomic E-state index is 13.1. The van der Waals surface area contributed by atoms with Crippen molar-refractivity contribution in [1.29, 1.82) is 0 Å². The summed E-state index contributed by atoms with van der Waals surface area (Å²) < 4.78 is 5.52. The molecule has 0 aromatic heterocycles. The minimum Gasteiger partial charge on any atom is -0.444 e. The molecule has 2 amide bonds. The Kier molecular flexibility index (Phi) is 5.30. The maximum Gasteiger partial charge on any atom is 0.410 e. The molecule has 2 fully saturated rings. The number of rotatable bonds is 1. The van der Waals surface area contributed by atoms with Crippen LogP contribution in [0.25, 0.3) is 0 Å². The van der Waals surface area contributed by atoms with Gasteiger partial charge in [-0.25, -0.2) is 4.79 Å². The fraction of sp³-hybridized carbons (Fsp3) is 0.600. The average Bonchev–Trinajstić information content (AvgIpc) is 2.74. The number of carbonyl (C=O) groups excluding carboxylic acids is 2. The van der Waals surface area contributed by atoms with E-state index in [4.69, 9.17) is 16.3 Å². The number of carbonyl (C=O) groups is 2. The van der Waals surface area contributed by atoms with E-state index in [0.717, 1.165) is 12.1 Å². The highest BCUT2D eigenvalue weighted by Crippen LogP contribution is 2.39. The second-order valence-corrected chi connectivity index (χ2v) is 8.84. The van der Waals surface area contributed by atoms with Gasteiger partial charge in [0.05, 0.1) is 6.67 Å². The molecule has 6 nitrogen and oxygen atoms in total. The first kappa shape index (κ1) is 19.8. The van der Waals surface area contributed by atoms with Gasteiger partial charge >= 0.3 is 6.09 Å². The van der Waals surface area contributed by atoms with Gasteiger partial charge < -0.3 is 19.4 Å². The molecule has 2 aliphatic heterocycles. The third-order valence-electron chi connectivity index (χ3n) is 5.20. The van der Waals surface area contributed by atoms with Crippen molar-refractivity contribution in [3.8, 4) is 0 Å². The minimum atomic E-state index is -0.643. The zero-order valence-corrected chi connectivity index (χ0v) is 17.3. The zero-order chi connectivity index (χ0) is 19.8. The maximum atomic E-state index is 13.1. The fourth-order valence-corrected chi connectivity index (χ4v) is 4.15. The van der Waals surface area contributed by atoms with Crippen LogP contribution in [0.4, 0.5) is 10.5 Å². The molecule has 1 aromatic carbocycles. The van der Waals surface area contributed by atoms with Gasteiger partial charge in [-0.3, -0.25) is 4.79 Å². The molecule has 0 aliphatic carbocycles. The molecule has 7 heteroatoms. The van der Waals surface area contributed by atoms with Crippen LogP contribution in [-0.2, 0) is 9.53 Å². The lowest BCUT2D eigenvalue weighted by Gasteiger charge is -2.36. The van der Waals surface area contributed by atoms with Crippen LogP contribution in [0.5, 0.6) is 0 Å². The summed E-state index contributed by atoms with van der Waals surface area (Å²) >= 11 is 6.19. The number of hydrogen-bond acceptors (Lipinski definition) is 4. The molecular weight excluding hydrogens is 366 g/mol. The normalized spacial score (nSPS) is 23.7. The van der Waals surface area contributed by atoms with Crippen molar-refractivity contribution < 1.29 is 14.3 Å². The predicted octanol–water partition coefficient (Wildman–Crippen LogP) is 3.74. The van der Waals surface area contributed by atoms with Crippen molar-refractivity contribution in [2.45, 2.75) is 51.2 Å². The quantitative estimate of drug-likeness (QED) is 0.729. The van der Waals surface area contributed by atoms with Gasteiger partial charge in [0.2, 0.25) is 5.91 Å². The number of halogens is 1. The Labute approximate surface area is 166 Å². The molecule has 1 spiro atoms. The molecule has 2 heterocycles. The van der Waals surface area contributed by atoms with Gasteiger partial charge in [-0.05, 0) is 58.2 Å². The molecule has 2 saturated heterocycles. The molecule has 1 aromatic rings. The Hall–Kier alpha value is -1.95. The Morgan fingerprint density at radius 2 is 1.96 bits per heavy atom. The zero-order valence-electron chi connectivity index (χ0n) is 16.5. The summed E-state index contributed by atoms with van der Waals surface area (Å²) in [4.78, 5) is 31.2. The van der Waals surface area contributed by atoms with E-state index in [1.807, 2.05) is 52.1 Å². The first-order valence-electron chi connectivity index (χ1n) is 9.39. The molecule has 3 rings (SSSR count). The second-order valence-electron chi connectivity index (χ2n) is 8.40. The van der Waals surface area contributed by atoms with Crippen LogP contribution < -0.4 is 4.90 Å². The van der Waals surface area contributed by atoms with Gasteiger partial charge in [-0.2, -0.15) is 0 Å². The monoisotopic (exact) mass is 393 g/mol. The van der Waals surface area contributed by atoms with E-state index >= 15 is 0 Å². The highest BCUT2D eigenvalue weighted by atomic mass is 35.5. The largest absolute Gasteiger partial charge is 0.444 e. The number of amides is 2. The van der Waals surface area contributed by atoms with E-state index in [-0.39, 0.29) is 12.0 Å². The molecule has 1 unspecified atom stereocenters. The SMILES string of the molecule is CN1CN(c2cccc(Cl)c2)C2(CCCN(C(=O)OC(C)(C)C)CC2)C1=O. The van der Waals surface area contributed by atoms with Crippen molar-refractivity contribution in [3.63, 3.8) is 0 Å². The van der Waals surface area contributed by atoms with Crippen molar-refractivity contribution in [2.75, 3.05) is 31.7 Å². The van der Waals surface area contributed by atoms with Crippen LogP contribution in [0.15, 0.2) is 24.3 Å². The van der Waals surface area contributed by atoms with E-state index in [1.54, 1.807) is 9.80 Å². The first-order valence-corrected chi connectivity index (χ1v) is 9.77. The van der Waals surface area contributed by atoms with E-state index in [0.29, 0.717) is 37.6 Å². The summed E-state index contributed by atoms with van der Waals surface area (Å²) in [7, 11) is 1.82.